The van der Waals surface area contributed by atoms with E-state index < -0.39 is 0 Å². The summed E-state index contributed by atoms with van der Waals surface area (Å²) >= 11 is 6.37. The summed E-state index contributed by atoms with van der Waals surface area (Å²) in [6.45, 7) is 10.9. The van der Waals surface area contributed by atoms with Crippen molar-refractivity contribution in [3.63, 3.8) is 0 Å². The highest BCUT2D eigenvalue weighted by molar-refractivity contribution is 6.31. The van der Waals surface area contributed by atoms with Crippen LogP contribution in [0.1, 0.15) is 51.7 Å². The van der Waals surface area contributed by atoms with Crippen molar-refractivity contribution in [1.29, 1.82) is 5.41 Å². The van der Waals surface area contributed by atoms with Crippen molar-refractivity contribution < 1.29 is 0 Å². The molecule has 1 aromatic rings. The first-order valence-corrected chi connectivity index (χ1v) is 8.13. The Morgan fingerprint density at radius 3 is 2.33 bits per heavy atom. The Kier molecular flexibility index (Phi) is 7.20. The van der Waals surface area contributed by atoms with Gasteiger partial charge >= 0.3 is 0 Å². The van der Waals surface area contributed by atoms with Gasteiger partial charge in [0.1, 0.15) is 5.84 Å². The van der Waals surface area contributed by atoms with Crippen LogP contribution >= 0.6 is 11.6 Å². The second kappa shape index (κ2) is 8.40. The van der Waals surface area contributed by atoms with Crippen LogP contribution in [0, 0.1) is 11.3 Å². The molecule has 0 aliphatic carbocycles. The highest BCUT2D eigenvalue weighted by Crippen LogP contribution is 2.22. The van der Waals surface area contributed by atoms with Crippen LogP contribution in [0.25, 0.3) is 0 Å². The molecule has 0 aliphatic rings. The fraction of sp³-hybridized carbons (Fsp3) is 0.588. The van der Waals surface area contributed by atoms with Gasteiger partial charge in [-0.2, -0.15) is 0 Å². The summed E-state index contributed by atoms with van der Waals surface area (Å²) in [4.78, 5) is 2.51. The van der Waals surface area contributed by atoms with Gasteiger partial charge in [-0.25, -0.2) is 0 Å². The van der Waals surface area contributed by atoms with E-state index in [9.17, 15) is 0 Å². The SMILES string of the molecule is CCC(CC)N(Cc1ccc(C(=N)N)cc1Cl)CC(C)C. The topological polar surface area (TPSA) is 53.1 Å². The maximum absolute atomic E-state index is 7.47. The molecule has 0 aliphatic heterocycles. The van der Waals surface area contributed by atoms with Gasteiger partial charge in [0.05, 0.1) is 0 Å². The number of nitrogen functional groups attached to an aromatic ring is 1. The van der Waals surface area contributed by atoms with Crippen LogP contribution in [0.4, 0.5) is 0 Å². The van der Waals surface area contributed by atoms with E-state index in [-0.39, 0.29) is 5.84 Å². The van der Waals surface area contributed by atoms with Crippen molar-refractivity contribution >= 4 is 17.4 Å². The fourth-order valence-electron chi connectivity index (χ4n) is 2.68. The Morgan fingerprint density at radius 2 is 1.90 bits per heavy atom. The molecule has 0 saturated carbocycles. The summed E-state index contributed by atoms with van der Waals surface area (Å²) in [7, 11) is 0. The molecule has 0 fully saturated rings. The van der Waals surface area contributed by atoms with Gasteiger partial charge in [0.25, 0.3) is 0 Å². The number of hydrogen-bond donors (Lipinski definition) is 2. The summed E-state index contributed by atoms with van der Waals surface area (Å²) in [5.41, 5.74) is 7.29. The molecule has 0 radical (unpaired) electrons. The van der Waals surface area contributed by atoms with Gasteiger partial charge in [-0.3, -0.25) is 10.3 Å². The fourth-order valence-corrected chi connectivity index (χ4v) is 2.92. The largest absolute Gasteiger partial charge is 0.384 e. The quantitative estimate of drug-likeness (QED) is 0.556. The van der Waals surface area contributed by atoms with Gasteiger partial charge < -0.3 is 5.73 Å². The minimum atomic E-state index is 0.0579. The standard InChI is InChI=1S/C17H28ClN3/c1-5-15(6-2)21(10-12(3)4)11-14-8-7-13(17(19)20)9-16(14)18/h7-9,12,15H,5-6,10-11H2,1-4H3,(H3,19,20). The van der Waals surface area contributed by atoms with Crippen molar-refractivity contribution in [2.75, 3.05) is 6.54 Å². The molecule has 3 nitrogen and oxygen atoms in total. The summed E-state index contributed by atoms with van der Waals surface area (Å²) in [6.07, 6.45) is 2.29. The number of benzene rings is 1. The zero-order valence-corrected chi connectivity index (χ0v) is 14.4. The molecule has 0 aromatic heterocycles. The number of amidine groups is 1. The van der Waals surface area contributed by atoms with Crippen molar-refractivity contribution in [3.8, 4) is 0 Å². The zero-order chi connectivity index (χ0) is 16.0. The first-order chi connectivity index (χ1) is 9.88. The van der Waals surface area contributed by atoms with Crippen LogP contribution in [0.5, 0.6) is 0 Å². The number of halogens is 1. The molecular formula is C17H28ClN3. The summed E-state index contributed by atoms with van der Waals surface area (Å²) in [6, 6.07) is 6.24. The third-order valence-electron chi connectivity index (χ3n) is 3.80. The molecule has 0 spiro atoms. The van der Waals surface area contributed by atoms with Crippen LogP contribution in [0.3, 0.4) is 0 Å². The molecular weight excluding hydrogens is 282 g/mol. The predicted octanol–water partition coefficient (Wildman–Crippen LogP) is 4.27. The molecule has 3 N–H and O–H groups in total. The maximum Gasteiger partial charge on any atom is 0.122 e. The molecule has 118 valence electrons. The lowest BCUT2D eigenvalue weighted by molar-refractivity contribution is 0.157. The van der Waals surface area contributed by atoms with E-state index in [0.29, 0.717) is 22.5 Å². The third kappa shape index (κ3) is 5.33. The summed E-state index contributed by atoms with van der Waals surface area (Å²) in [5.74, 6) is 0.684. The molecule has 4 heteroatoms. The molecule has 1 rings (SSSR count). The highest BCUT2D eigenvalue weighted by Gasteiger charge is 2.18. The van der Waals surface area contributed by atoms with E-state index >= 15 is 0 Å². The normalized spacial score (nSPS) is 11.6. The van der Waals surface area contributed by atoms with Crippen molar-refractivity contribution in [1.82, 2.24) is 4.90 Å². The van der Waals surface area contributed by atoms with E-state index in [1.807, 2.05) is 12.1 Å². The average Bonchev–Trinajstić information content (AvgIpc) is 2.41. The Hall–Kier alpha value is -1.06. The van der Waals surface area contributed by atoms with Crippen molar-refractivity contribution in [3.05, 3.63) is 34.3 Å². The Morgan fingerprint density at radius 1 is 1.29 bits per heavy atom. The molecule has 1 aromatic carbocycles. The first kappa shape index (κ1) is 18.0. The lowest BCUT2D eigenvalue weighted by atomic mass is 10.0. The van der Waals surface area contributed by atoms with Gasteiger partial charge in [0, 0.05) is 29.7 Å². The van der Waals surface area contributed by atoms with Crippen LogP contribution < -0.4 is 5.73 Å². The molecule has 0 heterocycles. The lowest BCUT2D eigenvalue weighted by Gasteiger charge is -2.32. The molecule has 0 atom stereocenters. The highest BCUT2D eigenvalue weighted by atomic mass is 35.5. The van der Waals surface area contributed by atoms with Gasteiger partial charge in [-0.1, -0.05) is 51.4 Å². The minimum Gasteiger partial charge on any atom is -0.384 e. The number of nitrogens with two attached hydrogens (primary N) is 1. The van der Waals surface area contributed by atoms with Gasteiger partial charge in [-0.05, 0) is 30.4 Å². The second-order valence-electron chi connectivity index (χ2n) is 6.01. The van der Waals surface area contributed by atoms with Gasteiger partial charge in [-0.15, -0.1) is 0 Å². The predicted molar refractivity (Wildman–Crippen MR) is 92.1 cm³/mol. The molecule has 0 bridgehead atoms. The zero-order valence-electron chi connectivity index (χ0n) is 13.6. The van der Waals surface area contributed by atoms with E-state index in [0.717, 1.165) is 31.5 Å². The monoisotopic (exact) mass is 309 g/mol. The number of rotatable bonds is 8. The number of nitrogens with zero attached hydrogens (tertiary/aromatic N) is 1. The Balaban J connectivity index is 2.94. The molecule has 0 saturated heterocycles. The third-order valence-corrected chi connectivity index (χ3v) is 4.15. The summed E-state index contributed by atoms with van der Waals surface area (Å²) in [5, 5.41) is 8.17. The Bertz CT molecular complexity index is 467. The summed E-state index contributed by atoms with van der Waals surface area (Å²) < 4.78 is 0. The van der Waals surface area contributed by atoms with Gasteiger partial charge in [0.2, 0.25) is 0 Å². The molecule has 0 unspecified atom stereocenters. The Labute approximate surface area is 134 Å². The van der Waals surface area contributed by atoms with E-state index in [1.54, 1.807) is 6.07 Å². The van der Waals surface area contributed by atoms with Crippen LogP contribution in [-0.4, -0.2) is 23.3 Å². The number of hydrogen-bond acceptors (Lipinski definition) is 2. The minimum absolute atomic E-state index is 0.0579. The van der Waals surface area contributed by atoms with E-state index in [4.69, 9.17) is 22.7 Å². The first-order valence-electron chi connectivity index (χ1n) is 7.75. The van der Waals surface area contributed by atoms with Crippen molar-refractivity contribution in [2.45, 2.75) is 53.1 Å². The van der Waals surface area contributed by atoms with Crippen LogP contribution in [0.15, 0.2) is 18.2 Å². The lowest BCUT2D eigenvalue weighted by Crippen LogP contribution is -2.36. The smallest absolute Gasteiger partial charge is 0.122 e. The van der Waals surface area contributed by atoms with Gasteiger partial charge in [0.15, 0.2) is 0 Å². The van der Waals surface area contributed by atoms with Crippen molar-refractivity contribution in [2.24, 2.45) is 11.7 Å². The molecule has 21 heavy (non-hydrogen) atoms. The second-order valence-corrected chi connectivity index (χ2v) is 6.42. The van der Waals surface area contributed by atoms with Crippen LogP contribution in [0.2, 0.25) is 5.02 Å². The van der Waals surface area contributed by atoms with E-state index in [1.165, 1.54) is 0 Å². The van der Waals surface area contributed by atoms with E-state index in [2.05, 4.69) is 32.6 Å². The average molecular weight is 310 g/mol. The molecule has 0 amide bonds. The van der Waals surface area contributed by atoms with Crippen LogP contribution in [-0.2, 0) is 6.54 Å². The number of nitrogens with one attached hydrogen (secondary N) is 1. The maximum atomic E-state index is 7.47.